The summed E-state index contributed by atoms with van der Waals surface area (Å²) in [5, 5.41) is 3.33. The van der Waals surface area contributed by atoms with E-state index in [1.54, 1.807) is 6.07 Å². The molecule has 7 nitrogen and oxygen atoms in total. The lowest BCUT2D eigenvalue weighted by atomic mass is 9.81. The Labute approximate surface area is 176 Å². The van der Waals surface area contributed by atoms with Crippen molar-refractivity contribution in [3.05, 3.63) is 58.7 Å². The van der Waals surface area contributed by atoms with Crippen molar-refractivity contribution in [2.24, 2.45) is 0 Å². The summed E-state index contributed by atoms with van der Waals surface area (Å²) in [5.74, 6) is 1.12. The molecule has 7 heteroatoms. The zero-order valence-electron chi connectivity index (χ0n) is 17.1. The van der Waals surface area contributed by atoms with Crippen LogP contribution >= 0.6 is 0 Å². The number of benzene rings is 2. The van der Waals surface area contributed by atoms with Crippen LogP contribution < -0.4 is 14.8 Å². The van der Waals surface area contributed by atoms with Crippen molar-refractivity contribution in [2.45, 2.75) is 6.04 Å². The largest absolute Gasteiger partial charge is 0.487 e. The second kappa shape index (κ2) is 10.0. The fraction of sp³-hybridized carbons (Fsp3) is 0.435. The van der Waals surface area contributed by atoms with Crippen molar-refractivity contribution >= 4 is 5.78 Å². The van der Waals surface area contributed by atoms with Gasteiger partial charge in [0, 0.05) is 11.1 Å². The summed E-state index contributed by atoms with van der Waals surface area (Å²) < 4.78 is 28.4. The van der Waals surface area contributed by atoms with E-state index >= 15 is 0 Å². The van der Waals surface area contributed by atoms with Gasteiger partial charge in [0.1, 0.15) is 13.2 Å². The van der Waals surface area contributed by atoms with Gasteiger partial charge in [-0.05, 0) is 30.3 Å². The molecule has 1 N–H and O–H groups in total. The van der Waals surface area contributed by atoms with E-state index in [2.05, 4.69) is 5.32 Å². The van der Waals surface area contributed by atoms with Crippen molar-refractivity contribution in [3.8, 4) is 11.5 Å². The molecule has 1 atom stereocenters. The molecule has 2 aliphatic rings. The highest BCUT2D eigenvalue weighted by atomic mass is 16.6. The Bertz CT molecular complexity index is 884. The quantitative estimate of drug-likeness (QED) is 0.769. The molecule has 4 rings (SSSR count). The van der Waals surface area contributed by atoms with Gasteiger partial charge in [-0.25, -0.2) is 0 Å². The number of nitrogens with one attached hydrogen (secondary N) is 1. The third kappa shape index (κ3) is 4.49. The van der Waals surface area contributed by atoms with Crippen LogP contribution in [0, 0.1) is 0 Å². The predicted molar refractivity (Wildman–Crippen MR) is 111 cm³/mol. The van der Waals surface area contributed by atoms with Gasteiger partial charge in [-0.1, -0.05) is 24.3 Å². The molecule has 30 heavy (non-hydrogen) atoms. The molecule has 0 saturated carbocycles. The van der Waals surface area contributed by atoms with Gasteiger partial charge in [0.2, 0.25) is 0 Å². The van der Waals surface area contributed by atoms with E-state index in [9.17, 15) is 4.79 Å². The van der Waals surface area contributed by atoms with E-state index in [4.69, 9.17) is 23.7 Å². The first kappa shape index (κ1) is 20.8. The van der Waals surface area contributed by atoms with Gasteiger partial charge in [0.05, 0.1) is 45.7 Å². The number of carbonyl (C=O) groups excluding carboxylic acids is 1. The molecule has 0 bridgehead atoms. The average Bonchev–Trinajstić information content (AvgIpc) is 2.78. The monoisotopic (exact) mass is 413 g/mol. The summed E-state index contributed by atoms with van der Waals surface area (Å²) in [7, 11) is 1.89. The molecule has 2 aromatic carbocycles. The van der Waals surface area contributed by atoms with Crippen LogP contribution in [0.4, 0.5) is 0 Å². The van der Waals surface area contributed by atoms with E-state index in [1.807, 2.05) is 37.4 Å². The average molecular weight is 413 g/mol. The summed E-state index contributed by atoms with van der Waals surface area (Å²) >= 11 is 0. The highest BCUT2D eigenvalue weighted by molar-refractivity contribution is 6.13. The van der Waals surface area contributed by atoms with Crippen LogP contribution in [0.5, 0.6) is 11.5 Å². The molecule has 160 valence electrons. The molecule has 2 aromatic rings. The van der Waals surface area contributed by atoms with Crippen LogP contribution in [-0.2, 0) is 14.2 Å². The van der Waals surface area contributed by atoms with Gasteiger partial charge >= 0.3 is 0 Å². The molecule has 0 radical (unpaired) electrons. The number of carbonyl (C=O) groups is 1. The van der Waals surface area contributed by atoms with Gasteiger partial charge in [-0.3, -0.25) is 4.79 Å². The Morgan fingerprint density at radius 1 is 0.733 bits per heavy atom. The topological polar surface area (TPSA) is 75.3 Å². The molecule has 0 amide bonds. The van der Waals surface area contributed by atoms with Crippen LogP contribution in [0.15, 0.2) is 36.4 Å². The zero-order valence-corrected chi connectivity index (χ0v) is 17.1. The van der Waals surface area contributed by atoms with Gasteiger partial charge < -0.3 is 29.0 Å². The minimum Gasteiger partial charge on any atom is -0.487 e. The summed E-state index contributed by atoms with van der Waals surface area (Å²) in [6.45, 7) is 3.63. The lowest BCUT2D eigenvalue weighted by Gasteiger charge is -2.28. The van der Waals surface area contributed by atoms with Crippen LogP contribution in [-0.4, -0.2) is 65.7 Å². The third-order valence-corrected chi connectivity index (χ3v) is 5.19. The highest BCUT2D eigenvalue weighted by Gasteiger charge is 2.31. The van der Waals surface area contributed by atoms with Crippen molar-refractivity contribution in [2.75, 3.05) is 59.9 Å². The maximum Gasteiger partial charge on any atom is 0.193 e. The summed E-state index contributed by atoms with van der Waals surface area (Å²) in [4.78, 5) is 13.2. The molecule has 1 aliphatic heterocycles. The lowest BCUT2D eigenvalue weighted by molar-refractivity contribution is 0.00708. The summed E-state index contributed by atoms with van der Waals surface area (Å²) in [6, 6.07) is 11.3. The summed E-state index contributed by atoms with van der Waals surface area (Å²) in [5.41, 5.74) is 3.18. The lowest BCUT2D eigenvalue weighted by Crippen LogP contribution is -2.27. The normalized spacial score (nSPS) is 20.4. The van der Waals surface area contributed by atoms with Crippen LogP contribution in [0.25, 0.3) is 0 Å². The molecule has 0 aromatic heterocycles. The van der Waals surface area contributed by atoms with E-state index in [0.717, 1.165) is 11.1 Å². The predicted octanol–water partition coefficient (Wildman–Crippen LogP) is 2.36. The van der Waals surface area contributed by atoms with Crippen molar-refractivity contribution in [1.82, 2.24) is 5.32 Å². The molecule has 1 aliphatic carbocycles. The van der Waals surface area contributed by atoms with Gasteiger partial charge in [-0.2, -0.15) is 0 Å². The Morgan fingerprint density at radius 2 is 1.30 bits per heavy atom. The van der Waals surface area contributed by atoms with Crippen LogP contribution in [0.1, 0.15) is 33.1 Å². The van der Waals surface area contributed by atoms with E-state index < -0.39 is 0 Å². The van der Waals surface area contributed by atoms with E-state index in [-0.39, 0.29) is 11.8 Å². The first-order chi connectivity index (χ1) is 14.8. The molecule has 0 fully saturated rings. The first-order valence-electron chi connectivity index (χ1n) is 10.3. The fourth-order valence-electron chi connectivity index (χ4n) is 3.78. The van der Waals surface area contributed by atoms with Gasteiger partial charge in [0.25, 0.3) is 0 Å². The van der Waals surface area contributed by atoms with Gasteiger partial charge in [-0.15, -0.1) is 0 Å². The zero-order chi connectivity index (χ0) is 20.8. The van der Waals surface area contributed by atoms with E-state index in [0.29, 0.717) is 75.5 Å². The van der Waals surface area contributed by atoms with E-state index in [1.165, 1.54) is 0 Å². The second-order valence-corrected chi connectivity index (χ2v) is 7.06. The van der Waals surface area contributed by atoms with Crippen LogP contribution in [0.2, 0.25) is 0 Å². The minimum atomic E-state index is -0.101. The molecule has 0 saturated heterocycles. The maximum absolute atomic E-state index is 13.2. The van der Waals surface area contributed by atoms with Crippen molar-refractivity contribution < 1.29 is 28.5 Å². The van der Waals surface area contributed by atoms with Crippen molar-refractivity contribution in [1.29, 1.82) is 0 Å². The number of fused-ring (bicyclic) bond motifs is 3. The SMILES string of the molecule is CNC1c2ccccc2C(=O)c2cc3c(cc21)OCCOCCOCCOCCO3. The Balaban J connectivity index is 1.65. The number of ketones is 1. The Hall–Kier alpha value is -2.45. The van der Waals surface area contributed by atoms with Crippen molar-refractivity contribution in [3.63, 3.8) is 0 Å². The third-order valence-electron chi connectivity index (χ3n) is 5.19. The number of hydrogen-bond donors (Lipinski definition) is 1. The fourth-order valence-corrected chi connectivity index (χ4v) is 3.78. The maximum atomic E-state index is 13.2. The molecule has 0 spiro atoms. The highest BCUT2D eigenvalue weighted by Crippen LogP contribution is 2.40. The minimum absolute atomic E-state index is 0.00822. The molecule has 1 heterocycles. The smallest absolute Gasteiger partial charge is 0.193 e. The molecular weight excluding hydrogens is 386 g/mol. The van der Waals surface area contributed by atoms with Gasteiger partial charge in [0.15, 0.2) is 17.3 Å². The second-order valence-electron chi connectivity index (χ2n) is 7.06. The van der Waals surface area contributed by atoms with Crippen LogP contribution in [0.3, 0.4) is 0 Å². The number of ether oxygens (including phenoxy) is 5. The Morgan fingerprint density at radius 3 is 1.93 bits per heavy atom. The standard InChI is InChI=1S/C23H27NO6/c1-24-22-16-4-2-3-5-17(16)23(25)19-15-21-20(14-18(19)22)29-12-10-27-8-6-26-7-9-28-11-13-30-21/h2-5,14-15,22,24H,6-13H2,1H3. The first-order valence-corrected chi connectivity index (χ1v) is 10.3. The number of hydrogen-bond acceptors (Lipinski definition) is 7. The molecule has 1 unspecified atom stereocenters. The summed E-state index contributed by atoms with van der Waals surface area (Å²) in [6.07, 6.45) is 0. The number of rotatable bonds is 1. The Kier molecular flexibility index (Phi) is 6.96. The molecular formula is C23H27NO6.